The van der Waals surface area contributed by atoms with E-state index >= 15 is 0 Å². The summed E-state index contributed by atoms with van der Waals surface area (Å²) in [4.78, 5) is 31.1. The number of aryl methyl sites for hydroxylation is 2. The highest BCUT2D eigenvalue weighted by molar-refractivity contribution is 7.87. The highest BCUT2D eigenvalue weighted by atomic mass is 32.2. The van der Waals surface area contributed by atoms with Crippen molar-refractivity contribution in [1.29, 1.82) is 0 Å². The number of aromatic nitrogens is 5. The number of nitrogens with zero attached hydrogens (tertiary/aromatic N) is 7. The summed E-state index contributed by atoms with van der Waals surface area (Å²) in [5.41, 5.74) is -0.911. The van der Waals surface area contributed by atoms with Crippen molar-refractivity contribution in [3.05, 3.63) is 41.3 Å². The van der Waals surface area contributed by atoms with Gasteiger partial charge in [0.25, 0.3) is 5.88 Å². The number of amides is 2. The van der Waals surface area contributed by atoms with Crippen LogP contribution in [0.4, 0.5) is 41.7 Å². The van der Waals surface area contributed by atoms with Gasteiger partial charge in [0.15, 0.2) is 0 Å². The van der Waals surface area contributed by atoms with E-state index in [9.17, 15) is 44.3 Å². The van der Waals surface area contributed by atoms with Gasteiger partial charge in [-0.2, -0.15) is 39.9 Å². The van der Waals surface area contributed by atoms with Crippen LogP contribution in [0, 0.1) is 0 Å². The number of likely N-dealkylation sites (tertiary alicyclic amines) is 2. The molecule has 0 unspecified atom stereocenters. The Hall–Kier alpha value is -4.76. The van der Waals surface area contributed by atoms with Crippen LogP contribution in [0.3, 0.4) is 0 Å². The maximum atomic E-state index is 13.1. The van der Waals surface area contributed by atoms with E-state index in [1.54, 1.807) is 36.4 Å². The summed E-state index contributed by atoms with van der Waals surface area (Å²) in [5, 5.41) is 8.23. The second-order valence-corrected chi connectivity index (χ2v) is 17.6. The highest BCUT2D eigenvalue weighted by Gasteiger charge is 2.54. The van der Waals surface area contributed by atoms with Gasteiger partial charge >= 0.3 is 34.0 Å². The average molecular weight is 807 g/mol. The Balaban J connectivity index is 0.000000188. The number of fused-ring (bicyclic) bond motifs is 4. The van der Waals surface area contributed by atoms with E-state index in [-0.39, 0.29) is 17.1 Å². The van der Waals surface area contributed by atoms with Gasteiger partial charge < -0.3 is 29.2 Å². The minimum Gasteiger partial charge on any atom is -0.444 e. The van der Waals surface area contributed by atoms with Gasteiger partial charge in [-0.1, -0.05) is 0 Å². The van der Waals surface area contributed by atoms with Gasteiger partial charge in [-0.15, -0.1) is 5.10 Å². The first-order valence-corrected chi connectivity index (χ1v) is 18.5. The lowest BCUT2D eigenvalue weighted by molar-refractivity contribution is -0.137. The number of anilines is 1. The third-order valence-electron chi connectivity index (χ3n) is 9.50. The Morgan fingerprint density at radius 1 is 0.764 bits per heavy atom. The predicted molar refractivity (Wildman–Crippen MR) is 181 cm³/mol. The van der Waals surface area contributed by atoms with E-state index < -0.39 is 61.8 Å². The summed E-state index contributed by atoms with van der Waals surface area (Å²) in [6.45, 7) is 13.4. The molecule has 2 fully saturated rings. The molecule has 7 rings (SSSR count). The molecular weight excluding hydrogens is 766 g/mol. The third-order valence-corrected chi connectivity index (χ3v) is 10.5. The molecule has 2 saturated heterocycles. The van der Waals surface area contributed by atoms with Crippen LogP contribution in [0.2, 0.25) is 0 Å². The molecule has 0 aromatic carbocycles. The van der Waals surface area contributed by atoms with E-state index in [4.69, 9.17) is 15.2 Å². The topological polar surface area (TPSA) is 177 Å². The molecule has 15 nitrogen and oxygen atoms in total. The number of hydrogen-bond acceptors (Lipinski definition) is 11. The molecule has 3 aromatic rings. The minimum atomic E-state index is -5.77. The van der Waals surface area contributed by atoms with E-state index in [2.05, 4.69) is 19.4 Å². The molecule has 0 saturated carbocycles. The van der Waals surface area contributed by atoms with E-state index in [0.717, 1.165) is 18.2 Å². The molecule has 3 aromatic heterocycles. The molecule has 55 heavy (non-hydrogen) atoms. The zero-order chi connectivity index (χ0) is 40.7. The Morgan fingerprint density at radius 3 is 1.69 bits per heavy atom. The monoisotopic (exact) mass is 806 g/mol. The molecule has 4 aliphatic heterocycles. The van der Waals surface area contributed by atoms with Crippen molar-refractivity contribution < 1.29 is 58.0 Å². The fourth-order valence-corrected chi connectivity index (χ4v) is 7.41. The van der Waals surface area contributed by atoms with Crippen LogP contribution in [0.1, 0.15) is 71.3 Å². The molecule has 2 N–H and O–H groups in total. The first-order valence-electron chi connectivity index (χ1n) is 17.1. The second-order valence-electron chi connectivity index (χ2n) is 16.1. The first kappa shape index (κ1) is 39.9. The summed E-state index contributed by atoms with van der Waals surface area (Å²) in [6.07, 6.45) is -2.66. The van der Waals surface area contributed by atoms with E-state index in [1.165, 1.54) is 21.8 Å². The van der Waals surface area contributed by atoms with Gasteiger partial charge in [0, 0.05) is 73.6 Å². The molecule has 2 spiro atoms. The lowest BCUT2D eigenvalue weighted by atomic mass is 9.76. The van der Waals surface area contributed by atoms with Crippen LogP contribution in [-0.2, 0) is 49.7 Å². The number of carbonyl (C=O) groups is 2. The highest BCUT2D eigenvalue weighted by Crippen LogP contribution is 2.46. The number of nitrogens with two attached hydrogens (primary N) is 1. The molecule has 22 heteroatoms. The van der Waals surface area contributed by atoms with Gasteiger partial charge in [-0.05, 0) is 66.5 Å². The van der Waals surface area contributed by atoms with Crippen molar-refractivity contribution in [1.82, 2.24) is 34.3 Å². The van der Waals surface area contributed by atoms with Crippen molar-refractivity contribution >= 4 is 28.1 Å². The van der Waals surface area contributed by atoms with Gasteiger partial charge in [0.2, 0.25) is 0 Å². The molecular formula is C33H40F6N8O7S. The van der Waals surface area contributed by atoms with Crippen molar-refractivity contribution in [3.63, 3.8) is 0 Å². The Kier molecular flexibility index (Phi) is 9.36. The van der Waals surface area contributed by atoms with Crippen LogP contribution in [0.5, 0.6) is 5.88 Å². The number of carbonyl (C=O) groups excluding carboxylic acids is 2. The van der Waals surface area contributed by atoms with Crippen molar-refractivity contribution in [2.24, 2.45) is 0 Å². The third kappa shape index (κ3) is 7.86. The Labute approximate surface area is 311 Å². The zero-order valence-electron chi connectivity index (χ0n) is 30.7. The van der Waals surface area contributed by atoms with Crippen LogP contribution in [-0.4, -0.2) is 97.8 Å². The predicted octanol–water partition coefficient (Wildman–Crippen LogP) is 5.44. The van der Waals surface area contributed by atoms with Crippen LogP contribution >= 0.6 is 0 Å². The molecule has 0 aliphatic carbocycles. The second kappa shape index (κ2) is 12.9. The van der Waals surface area contributed by atoms with Crippen LogP contribution in [0.25, 0.3) is 11.3 Å². The average Bonchev–Trinajstić information content (AvgIpc) is 3.73. The zero-order valence-corrected chi connectivity index (χ0v) is 31.5. The summed E-state index contributed by atoms with van der Waals surface area (Å²) in [7, 11) is -5.77. The van der Waals surface area contributed by atoms with Gasteiger partial charge in [0.1, 0.15) is 17.0 Å². The molecule has 4 aliphatic rings. The smallest absolute Gasteiger partial charge is 0.444 e. The maximum Gasteiger partial charge on any atom is 0.534 e. The maximum absolute atomic E-state index is 13.1. The Morgan fingerprint density at radius 2 is 1.24 bits per heavy atom. The van der Waals surface area contributed by atoms with Crippen LogP contribution in [0.15, 0.2) is 24.4 Å². The quantitative estimate of drug-likeness (QED) is 0.203. The normalized spacial score (nSPS) is 18.5. The van der Waals surface area contributed by atoms with E-state index in [1.807, 2.05) is 20.8 Å². The molecule has 0 atom stereocenters. The number of nitrogen functional groups attached to an aromatic ring is 1. The van der Waals surface area contributed by atoms with Crippen LogP contribution < -0.4 is 9.92 Å². The number of ether oxygens (including phenoxy) is 2. The summed E-state index contributed by atoms with van der Waals surface area (Å²) < 4.78 is 117. The number of hydrogen-bond donors (Lipinski definition) is 1. The Bertz CT molecular complexity index is 2110. The summed E-state index contributed by atoms with van der Waals surface area (Å²) in [6, 6.07) is 3.94. The summed E-state index contributed by atoms with van der Waals surface area (Å²) in [5.74, 6) is -1.19. The SMILES string of the molecule is CC(C)(C)OC(=O)N1CC2(CCn3nc(-c4cnc(N)c(C(F)(F)F)c4)cc32)C1.CC(C)(C)OC(=O)N1CC2(CCn3nc(OS(=O)(=O)C(F)(F)F)cc32)C1. The number of halogens is 6. The fourth-order valence-electron chi connectivity index (χ4n) is 7.00. The molecule has 7 heterocycles. The molecule has 302 valence electrons. The lowest BCUT2D eigenvalue weighted by Gasteiger charge is -2.47. The van der Waals surface area contributed by atoms with Crippen molar-refractivity contribution in [3.8, 4) is 17.1 Å². The van der Waals surface area contributed by atoms with Gasteiger partial charge in [0.05, 0.1) is 17.0 Å². The number of pyridine rings is 1. The standard InChI is InChI=1S/C19H22F3N5O2.C14H18F3N3O5S/c1-17(2,3)29-16(28)26-9-18(10-26)4-5-27-14(18)7-13(25-27)11-6-12(19(20,21)22)15(23)24-8-11;1-12(2,3)24-11(21)19-7-13(8-19)4-5-20-9(13)6-10(18-20)25-26(22,23)14(15,16)17/h6-8H,4-5,9-10H2,1-3H3,(H2,23,24);6H,4-5,7-8H2,1-3H3. The molecule has 0 bridgehead atoms. The number of alkyl halides is 6. The van der Waals surface area contributed by atoms with Crippen molar-refractivity contribution in [2.75, 3.05) is 31.9 Å². The van der Waals surface area contributed by atoms with Gasteiger partial charge in [-0.25, -0.2) is 14.6 Å². The van der Waals surface area contributed by atoms with Crippen molar-refractivity contribution in [2.45, 2.75) is 101 Å². The van der Waals surface area contributed by atoms with Gasteiger partial charge in [-0.3, -0.25) is 9.36 Å². The molecule has 2 amide bonds. The minimum absolute atomic E-state index is 0.240. The van der Waals surface area contributed by atoms with E-state index in [0.29, 0.717) is 57.1 Å². The molecule has 0 radical (unpaired) electrons. The summed E-state index contributed by atoms with van der Waals surface area (Å²) >= 11 is 0. The fraction of sp³-hybridized carbons (Fsp3) is 0.606. The lowest BCUT2D eigenvalue weighted by Crippen LogP contribution is -2.61. The largest absolute Gasteiger partial charge is 0.534 e. The first-order chi connectivity index (χ1) is 25.1. The number of rotatable bonds is 3.